The summed E-state index contributed by atoms with van der Waals surface area (Å²) in [6.07, 6.45) is -1.15. The molecule has 126 valence electrons. The lowest BCUT2D eigenvalue weighted by molar-refractivity contribution is -0.137. The third-order valence-corrected chi connectivity index (χ3v) is 4.28. The van der Waals surface area contributed by atoms with Crippen molar-refractivity contribution in [3.63, 3.8) is 0 Å². The molecule has 0 aromatic carbocycles. The molecular formula is C15H18F3N3O2. The molecule has 1 aromatic heterocycles. The van der Waals surface area contributed by atoms with Crippen molar-refractivity contribution in [1.82, 2.24) is 9.88 Å². The number of carbonyl (C=O) groups excluding carboxylic acids is 1. The first-order valence-electron chi connectivity index (χ1n) is 7.63. The minimum atomic E-state index is -4.42. The lowest BCUT2D eigenvalue weighted by Gasteiger charge is -2.31. The molecule has 2 fully saturated rings. The van der Waals surface area contributed by atoms with Gasteiger partial charge < -0.3 is 15.0 Å². The number of nitrogens with one attached hydrogen (secondary N) is 1. The molecule has 1 N–H and O–H groups in total. The highest BCUT2D eigenvalue weighted by atomic mass is 19.4. The fourth-order valence-corrected chi connectivity index (χ4v) is 3.06. The van der Waals surface area contributed by atoms with E-state index in [2.05, 4.69) is 10.3 Å². The molecule has 3 heterocycles. The van der Waals surface area contributed by atoms with E-state index in [0.717, 1.165) is 31.2 Å². The summed E-state index contributed by atoms with van der Waals surface area (Å²) in [5.41, 5.74) is -0.776. The lowest BCUT2D eigenvalue weighted by Crippen LogP contribution is -2.43. The Morgan fingerprint density at radius 2 is 2.00 bits per heavy atom. The highest BCUT2D eigenvalue weighted by molar-refractivity contribution is 5.86. The lowest BCUT2D eigenvalue weighted by atomic mass is 10.1. The van der Waals surface area contributed by atoms with Crippen LogP contribution in [0.4, 0.5) is 19.0 Å². The van der Waals surface area contributed by atoms with Gasteiger partial charge in [-0.25, -0.2) is 4.98 Å². The van der Waals surface area contributed by atoms with Gasteiger partial charge >= 0.3 is 6.18 Å². The fraction of sp³-hybridized carbons (Fsp3) is 0.600. The zero-order valence-electron chi connectivity index (χ0n) is 12.5. The highest BCUT2D eigenvalue weighted by Gasteiger charge is 2.37. The number of amides is 1. The molecule has 8 heteroatoms. The smallest absolute Gasteiger partial charge is 0.381 e. The van der Waals surface area contributed by atoms with Crippen LogP contribution in [-0.4, -0.2) is 47.6 Å². The Balaban J connectivity index is 1.66. The number of nitrogens with zero attached hydrogens (tertiary/aromatic N) is 2. The van der Waals surface area contributed by atoms with E-state index < -0.39 is 17.8 Å². The van der Waals surface area contributed by atoms with Gasteiger partial charge in [0.15, 0.2) is 0 Å². The second-order valence-corrected chi connectivity index (χ2v) is 5.79. The molecule has 1 aromatic rings. The van der Waals surface area contributed by atoms with E-state index in [-0.39, 0.29) is 17.8 Å². The summed E-state index contributed by atoms with van der Waals surface area (Å²) in [5.74, 6) is 0.00288. The van der Waals surface area contributed by atoms with Crippen molar-refractivity contribution < 1.29 is 22.7 Å². The van der Waals surface area contributed by atoms with Crippen LogP contribution in [-0.2, 0) is 15.7 Å². The van der Waals surface area contributed by atoms with E-state index in [1.807, 2.05) is 4.90 Å². The number of rotatable bonds is 3. The van der Waals surface area contributed by atoms with Crippen LogP contribution in [0.25, 0.3) is 0 Å². The van der Waals surface area contributed by atoms with Gasteiger partial charge in [-0.15, -0.1) is 0 Å². The van der Waals surface area contributed by atoms with E-state index in [4.69, 9.17) is 4.74 Å². The van der Waals surface area contributed by atoms with Crippen LogP contribution in [0.5, 0.6) is 0 Å². The van der Waals surface area contributed by atoms with Crippen molar-refractivity contribution in [1.29, 1.82) is 0 Å². The van der Waals surface area contributed by atoms with E-state index >= 15 is 0 Å². The van der Waals surface area contributed by atoms with Gasteiger partial charge in [0.1, 0.15) is 11.9 Å². The maximum atomic E-state index is 12.7. The second-order valence-electron chi connectivity index (χ2n) is 5.79. The van der Waals surface area contributed by atoms with Crippen LogP contribution in [0, 0.1) is 0 Å². The molecule has 2 saturated heterocycles. The molecule has 1 atom stereocenters. The summed E-state index contributed by atoms with van der Waals surface area (Å²) in [6.45, 7) is 1.89. The minimum Gasteiger partial charge on any atom is -0.381 e. The maximum Gasteiger partial charge on any atom is 0.416 e. The van der Waals surface area contributed by atoms with Crippen LogP contribution in [0.1, 0.15) is 24.8 Å². The predicted molar refractivity (Wildman–Crippen MR) is 76.8 cm³/mol. The van der Waals surface area contributed by atoms with Crippen LogP contribution in [0.3, 0.4) is 0 Å². The number of hydrogen-bond donors (Lipinski definition) is 1. The summed E-state index contributed by atoms with van der Waals surface area (Å²) in [5, 5.41) is 2.84. The van der Waals surface area contributed by atoms with Crippen LogP contribution in [0.15, 0.2) is 18.3 Å². The Bertz CT molecular complexity index is 573. The molecule has 0 radical (unpaired) electrons. The SMILES string of the molecule is O=C1[C@@H](Nc2cc(C(F)(F)F)ccn2)CCN1C1CCOCC1. The fourth-order valence-electron chi connectivity index (χ4n) is 3.06. The van der Waals surface area contributed by atoms with Crippen LogP contribution in [0.2, 0.25) is 0 Å². The summed E-state index contributed by atoms with van der Waals surface area (Å²) in [6, 6.07) is 1.49. The Kier molecular flexibility index (Phi) is 4.43. The molecule has 3 rings (SSSR count). The molecule has 23 heavy (non-hydrogen) atoms. The van der Waals surface area contributed by atoms with E-state index in [0.29, 0.717) is 26.2 Å². The molecule has 0 saturated carbocycles. The standard InChI is InChI=1S/C15H18F3N3O2/c16-15(17,18)10-1-5-19-13(9-10)20-12-2-6-21(14(12)22)11-3-7-23-8-4-11/h1,5,9,11-12H,2-4,6-8H2,(H,19,20)/t12-/m0/s1. The summed E-state index contributed by atoms with van der Waals surface area (Å²) >= 11 is 0. The van der Waals surface area contributed by atoms with E-state index in [1.165, 1.54) is 0 Å². The first-order chi connectivity index (χ1) is 10.9. The Morgan fingerprint density at radius 1 is 1.26 bits per heavy atom. The Hall–Kier alpha value is -1.83. The number of pyridine rings is 1. The molecule has 0 spiro atoms. The largest absolute Gasteiger partial charge is 0.416 e. The first-order valence-corrected chi connectivity index (χ1v) is 7.63. The number of halogens is 3. The zero-order chi connectivity index (χ0) is 16.4. The normalized spacial score (nSPS) is 23.3. The van der Waals surface area contributed by atoms with Crippen molar-refractivity contribution in [3.05, 3.63) is 23.9 Å². The van der Waals surface area contributed by atoms with Gasteiger partial charge in [-0.1, -0.05) is 0 Å². The Labute approximate surface area is 131 Å². The number of ether oxygens (including phenoxy) is 1. The summed E-state index contributed by atoms with van der Waals surface area (Å²) in [7, 11) is 0. The van der Waals surface area contributed by atoms with Crippen molar-refractivity contribution >= 4 is 11.7 Å². The van der Waals surface area contributed by atoms with Gasteiger partial charge in [0.2, 0.25) is 5.91 Å². The molecular weight excluding hydrogens is 311 g/mol. The molecule has 1 amide bonds. The van der Waals surface area contributed by atoms with Gasteiger partial charge in [0, 0.05) is 32.0 Å². The van der Waals surface area contributed by atoms with Gasteiger partial charge in [-0.2, -0.15) is 13.2 Å². The molecule has 0 bridgehead atoms. The van der Waals surface area contributed by atoms with Crippen molar-refractivity contribution in [2.45, 2.75) is 37.5 Å². The second kappa shape index (κ2) is 6.35. The average Bonchev–Trinajstić information content (AvgIpc) is 2.89. The maximum absolute atomic E-state index is 12.7. The summed E-state index contributed by atoms with van der Waals surface area (Å²) < 4.78 is 43.5. The van der Waals surface area contributed by atoms with Crippen LogP contribution >= 0.6 is 0 Å². The number of likely N-dealkylation sites (tertiary alicyclic amines) is 1. The Morgan fingerprint density at radius 3 is 2.70 bits per heavy atom. The van der Waals surface area contributed by atoms with Gasteiger partial charge in [0.25, 0.3) is 0 Å². The molecule has 5 nitrogen and oxygen atoms in total. The third-order valence-electron chi connectivity index (χ3n) is 4.28. The van der Waals surface area contributed by atoms with Gasteiger partial charge in [0.05, 0.1) is 5.56 Å². The first kappa shape index (κ1) is 16.0. The number of hydrogen-bond acceptors (Lipinski definition) is 4. The number of alkyl halides is 3. The number of carbonyl (C=O) groups is 1. The summed E-state index contributed by atoms with van der Waals surface area (Å²) in [4.78, 5) is 18.2. The monoisotopic (exact) mass is 329 g/mol. The van der Waals surface area contributed by atoms with E-state index in [1.54, 1.807) is 0 Å². The third kappa shape index (κ3) is 3.57. The molecule has 0 unspecified atom stereocenters. The number of aromatic nitrogens is 1. The van der Waals surface area contributed by atoms with Gasteiger partial charge in [-0.3, -0.25) is 4.79 Å². The molecule has 2 aliphatic rings. The zero-order valence-corrected chi connectivity index (χ0v) is 12.5. The van der Waals surface area contributed by atoms with Crippen LogP contribution < -0.4 is 5.32 Å². The quantitative estimate of drug-likeness (QED) is 0.924. The average molecular weight is 329 g/mol. The van der Waals surface area contributed by atoms with Crippen molar-refractivity contribution in [2.24, 2.45) is 0 Å². The van der Waals surface area contributed by atoms with Gasteiger partial charge in [-0.05, 0) is 31.4 Å². The van der Waals surface area contributed by atoms with E-state index in [9.17, 15) is 18.0 Å². The minimum absolute atomic E-state index is 0.0730. The predicted octanol–water partition coefficient (Wildman–Crippen LogP) is 2.29. The number of anilines is 1. The van der Waals surface area contributed by atoms with Crippen molar-refractivity contribution in [3.8, 4) is 0 Å². The topological polar surface area (TPSA) is 54.5 Å². The molecule has 0 aliphatic carbocycles. The van der Waals surface area contributed by atoms with Crippen molar-refractivity contribution in [2.75, 3.05) is 25.1 Å². The highest BCUT2D eigenvalue weighted by Crippen LogP contribution is 2.30. The molecule has 2 aliphatic heterocycles.